The molecule has 6 nitrogen and oxygen atoms in total. The number of hydrogen-bond donors (Lipinski definition) is 0. The maximum absolute atomic E-state index is 11.8. The summed E-state index contributed by atoms with van der Waals surface area (Å²) in [5.74, 6) is -1.01. The molecule has 0 saturated carbocycles. The lowest BCUT2D eigenvalue weighted by molar-refractivity contribution is -0.149. The molecular formula is C10H19O6PS2. The monoisotopic (exact) mass is 330 g/mol. The molecule has 0 radical (unpaired) electrons. The highest BCUT2D eigenvalue weighted by atomic mass is 32.9. The average molecular weight is 330 g/mol. The maximum Gasteiger partial charge on any atom is 0.320 e. The van der Waals surface area contributed by atoms with Crippen LogP contribution in [0.4, 0.5) is 0 Å². The molecule has 0 N–H and O–H groups in total. The molecule has 0 aliphatic carbocycles. The highest BCUT2D eigenvalue weighted by Gasteiger charge is 2.32. The second kappa shape index (κ2) is 9.72. The van der Waals surface area contributed by atoms with Gasteiger partial charge in [-0.05, 0) is 25.7 Å². The molecule has 0 spiro atoms. The fourth-order valence-electron chi connectivity index (χ4n) is 1.09. The molecule has 0 amide bonds. The molecule has 1 atom stereocenters. The van der Waals surface area contributed by atoms with Crippen LogP contribution < -0.4 is 0 Å². The van der Waals surface area contributed by atoms with Gasteiger partial charge in [-0.1, -0.05) is 11.4 Å². The second-order valence-corrected chi connectivity index (χ2v) is 9.78. The van der Waals surface area contributed by atoms with Gasteiger partial charge in [0.2, 0.25) is 5.69 Å². The van der Waals surface area contributed by atoms with E-state index in [0.717, 1.165) is 11.4 Å². The van der Waals surface area contributed by atoms with E-state index in [4.69, 9.17) is 30.3 Å². The summed E-state index contributed by atoms with van der Waals surface area (Å²) in [4.78, 5) is 23.3. The van der Waals surface area contributed by atoms with Gasteiger partial charge in [0.15, 0.2) is 0 Å². The van der Waals surface area contributed by atoms with Crippen molar-refractivity contribution in [1.82, 2.24) is 0 Å². The maximum atomic E-state index is 11.8. The van der Waals surface area contributed by atoms with Gasteiger partial charge in [-0.25, -0.2) is 0 Å². The van der Waals surface area contributed by atoms with Crippen LogP contribution in [0, 0.1) is 0 Å². The number of hydrogen-bond acceptors (Lipinski definition) is 8. The van der Waals surface area contributed by atoms with Crippen molar-refractivity contribution in [3.8, 4) is 0 Å². The number of rotatable bonds is 9. The molecule has 0 saturated heterocycles. The van der Waals surface area contributed by atoms with Gasteiger partial charge in [0.25, 0.3) is 0 Å². The highest BCUT2D eigenvalue weighted by Crippen LogP contribution is 2.62. The third-order valence-electron chi connectivity index (χ3n) is 1.91. The number of carbonyl (C=O) groups is 2. The van der Waals surface area contributed by atoms with Crippen LogP contribution in [0.25, 0.3) is 0 Å². The fourth-order valence-corrected chi connectivity index (χ4v) is 4.95. The first-order chi connectivity index (χ1) is 8.92. The van der Waals surface area contributed by atoms with Crippen LogP contribution in [0.3, 0.4) is 0 Å². The molecule has 0 aromatic heterocycles. The Morgan fingerprint density at radius 3 is 2.11 bits per heavy atom. The zero-order valence-corrected chi connectivity index (χ0v) is 13.9. The first kappa shape index (κ1) is 18.9. The Hall–Kier alpha value is -0.140. The van der Waals surface area contributed by atoms with Crippen molar-refractivity contribution in [2.75, 3.05) is 27.4 Å². The van der Waals surface area contributed by atoms with Crippen LogP contribution in [-0.2, 0) is 39.9 Å². The third kappa shape index (κ3) is 7.27. The van der Waals surface area contributed by atoms with Crippen molar-refractivity contribution in [3.63, 3.8) is 0 Å². The summed E-state index contributed by atoms with van der Waals surface area (Å²) in [5.41, 5.74) is -2.65. The first-order valence-corrected chi connectivity index (χ1v) is 9.76. The Kier molecular flexibility index (Phi) is 9.64. The summed E-state index contributed by atoms with van der Waals surface area (Å²) in [7, 11) is 2.81. The molecule has 9 heteroatoms. The van der Waals surface area contributed by atoms with Gasteiger partial charge in [0, 0.05) is 14.2 Å². The van der Waals surface area contributed by atoms with Crippen molar-refractivity contribution >= 4 is 40.8 Å². The van der Waals surface area contributed by atoms with E-state index in [9.17, 15) is 9.59 Å². The number of carbonyl (C=O) groups excluding carboxylic acids is 2. The van der Waals surface area contributed by atoms with Crippen molar-refractivity contribution in [2.45, 2.75) is 25.5 Å². The van der Waals surface area contributed by atoms with E-state index in [0.29, 0.717) is 0 Å². The van der Waals surface area contributed by atoms with Crippen molar-refractivity contribution in [3.05, 3.63) is 0 Å². The Labute approximate surface area is 122 Å². The summed E-state index contributed by atoms with van der Waals surface area (Å²) in [6.45, 7) is 3.86. The van der Waals surface area contributed by atoms with Gasteiger partial charge in [0.1, 0.15) is 5.25 Å². The van der Waals surface area contributed by atoms with Crippen molar-refractivity contribution in [2.24, 2.45) is 0 Å². The summed E-state index contributed by atoms with van der Waals surface area (Å²) >= 11 is 6.17. The molecule has 0 aromatic carbocycles. The van der Waals surface area contributed by atoms with Gasteiger partial charge >= 0.3 is 11.9 Å². The Balaban J connectivity index is 4.81. The first-order valence-electron chi connectivity index (χ1n) is 5.64. The van der Waals surface area contributed by atoms with Crippen LogP contribution in [0.2, 0.25) is 0 Å². The van der Waals surface area contributed by atoms with Gasteiger partial charge in [-0.2, -0.15) is 0 Å². The minimum absolute atomic E-state index is 0.123. The predicted octanol–water partition coefficient (Wildman–Crippen LogP) is 2.12. The summed E-state index contributed by atoms with van der Waals surface area (Å²) in [5, 5.41) is -0.787. The molecule has 0 rings (SSSR count). The van der Waals surface area contributed by atoms with E-state index < -0.39 is 22.9 Å². The van der Waals surface area contributed by atoms with E-state index in [-0.39, 0.29) is 19.6 Å². The van der Waals surface area contributed by atoms with E-state index >= 15 is 0 Å². The van der Waals surface area contributed by atoms with E-state index in [1.54, 1.807) is 13.8 Å². The van der Waals surface area contributed by atoms with Crippen molar-refractivity contribution < 1.29 is 28.1 Å². The van der Waals surface area contributed by atoms with Crippen LogP contribution >= 0.6 is 17.1 Å². The Bertz CT molecular complexity index is 341. The molecule has 0 heterocycles. The van der Waals surface area contributed by atoms with Crippen LogP contribution in [-0.4, -0.2) is 44.6 Å². The molecule has 0 aromatic rings. The highest BCUT2D eigenvalue weighted by molar-refractivity contribution is 8.68. The topological polar surface area (TPSA) is 71.1 Å². The third-order valence-corrected chi connectivity index (χ3v) is 7.78. The molecule has 112 valence electrons. The number of esters is 2. The smallest absolute Gasteiger partial charge is 0.320 e. The minimum atomic E-state index is -2.65. The quantitative estimate of drug-likeness (QED) is 0.470. The lowest BCUT2D eigenvalue weighted by atomic mass is 10.3. The van der Waals surface area contributed by atoms with Gasteiger partial charge < -0.3 is 18.5 Å². The van der Waals surface area contributed by atoms with E-state index in [1.165, 1.54) is 14.2 Å². The van der Waals surface area contributed by atoms with Crippen LogP contribution in [0.5, 0.6) is 0 Å². The molecule has 0 aliphatic rings. The lowest BCUT2D eigenvalue weighted by Crippen LogP contribution is -2.24. The summed E-state index contributed by atoms with van der Waals surface area (Å²) in [6.07, 6.45) is -0.123. The molecule has 19 heavy (non-hydrogen) atoms. The standard InChI is InChI=1S/C10H19O6PS2/c1-5-15-9(11)7-8(10(12)16-6-2)19-17(18,13-3)14-4/h8H,5-7H2,1-4H3/t8-/m0/s1. The largest absolute Gasteiger partial charge is 0.466 e. The average Bonchev–Trinajstić information content (AvgIpc) is 2.38. The zero-order valence-electron chi connectivity index (χ0n) is 11.4. The summed E-state index contributed by atoms with van der Waals surface area (Å²) in [6, 6.07) is 0. The Morgan fingerprint density at radius 1 is 1.16 bits per heavy atom. The van der Waals surface area contributed by atoms with Gasteiger partial charge in [0.05, 0.1) is 19.6 Å². The molecule has 0 unspecified atom stereocenters. The molecule has 0 bridgehead atoms. The van der Waals surface area contributed by atoms with E-state index in [1.807, 2.05) is 0 Å². The Morgan fingerprint density at radius 2 is 1.68 bits per heavy atom. The summed E-state index contributed by atoms with van der Waals surface area (Å²) < 4.78 is 19.9. The molecule has 0 aliphatic heterocycles. The predicted molar refractivity (Wildman–Crippen MR) is 77.6 cm³/mol. The zero-order chi connectivity index (χ0) is 14.9. The second-order valence-electron chi connectivity index (χ2n) is 3.17. The number of ether oxygens (including phenoxy) is 2. The molecule has 0 fully saturated rings. The lowest BCUT2D eigenvalue weighted by Gasteiger charge is -2.21. The molecular weight excluding hydrogens is 311 g/mol. The fraction of sp³-hybridized carbons (Fsp3) is 0.800. The van der Waals surface area contributed by atoms with Crippen LogP contribution in [0.1, 0.15) is 20.3 Å². The minimum Gasteiger partial charge on any atom is -0.466 e. The van der Waals surface area contributed by atoms with Crippen LogP contribution in [0.15, 0.2) is 0 Å². The van der Waals surface area contributed by atoms with Crippen molar-refractivity contribution in [1.29, 1.82) is 0 Å². The van der Waals surface area contributed by atoms with E-state index in [2.05, 4.69) is 0 Å². The normalized spacial score (nSPS) is 12.8. The van der Waals surface area contributed by atoms with Gasteiger partial charge in [-0.3, -0.25) is 9.59 Å². The van der Waals surface area contributed by atoms with Gasteiger partial charge in [-0.15, -0.1) is 0 Å². The SMILES string of the molecule is CCOC(=O)C[C@H](SP(=S)(OC)OC)C(=O)OCC.